The lowest BCUT2D eigenvalue weighted by Gasteiger charge is -2.35. The molecular weight excluding hydrogens is 608 g/mol. The minimum absolute atomic E-state index is 0.0457. The number of rotatable bonds is 12. The van der Waals surface area contributed by atoms with Crippen LogP contribution in [-0.2, 0) is 32.6 Å². The molecule has 1 N–H and O–H groups in total. The maximum atomic E-state index is 15.2. The molecule has 0 heterocycles. The Morgan fingerprint density at radius 2 is 1.37 bits per heavy atom. The molecule has 0 aliphatic heterocycles. The summed E-state index contributed by atoms with van der Waals surface area (Å²) < 4.78 is 57.8. The lowest BCUT2D eigenvalue weighted by Crippen LogP contribution is -2.55. The van der Waals surface area contributed by atoms with Crippen molar-refractivity contribution in [3.8, 4) is 0 Å². The molecule has 4 aromatic rings. The minimum atomic E-state index is -4.42. The average molecular weight is 646 g/mol. The standard InChI is InChI=1S/C36H37F2N3O4S/c37-29-22-20-28(21-23-29)25-40(34(24-27-12-4-1-5-13-27)36(43)39-30-14-6-2-7-15-30)35(42)26-41(33-19-11-10-18-32(33)38)46(44,45)31-16-8-3-9-17-31/h1,3-5,8-13,16-23,30,34H,2,6-7,14-15,24-26H2,(H,39,43)/t34-/m1/s1. The topological polar surface area (TPSA) is 86.8 Å². The Bertz CT molecular complexity index is 1720. The first kappa shape index (κ1) is 32.8. The zero-order valence-corrected chi connectivity index (χ0v) is 26.2. The van der Waals surface area contributed by atoms with Gasteiger partial charge in [-0.1, -0.05) is 92.1 Å². The second-order valence-corrected chi connectivity index (χ2v) is 13.3. The number of amides is 2. The highest BCUT2D eigenvalue weighted by molar-refractivity contribution is 7.92. The highest BCUT2D eigenvalue weighted by atomic mass is 32.2. The van der Waals surface area contributed by atoms with E-state index >= 15 is 4.39 Å². The summed E-state index contributed by atoms with van der Waals surface area (Å²) in [5, 5.41) is 3.13. The lowest BCUT2D eigenvalue weighted by atomic mass is 9.94. The van der Waals surface area contributed by atoms with E-state index in [9.17, 15) is 22.4 Å². The van der Waals surface area contributed by atoms with Crippen molar-refractivity contribution in [3.63, 3.8) is 0 Å². The van der Waals surface area contributed by atoms with Gasteiger partial charge in [-0.2, -0.15) is 0 Å². The van der Waals surface area contributed by atoms with Crippen LogP contribution in [0.5, 0.6) is 0 Å². The molecule has 4 aromatic carbocycles. The summed E-state index contributed by atoms with van der Waals surface area (Å²) in [6.45, 7) is -0.882. The fraction of sp³-hybridized carbons (Fsp3) is 0.278. The third-order valence-corrected chi connectivity index (χ3v) is 9.99. The maximum Gasteiger partial charge on any atom is 0.264 e. The van der Waals surface area contributed by atoms with Gasteiger partial charge in [0.15, 0.2) is 0 Å². The summed E-state index contributed by atoms with van der Waals surface area (Å²) >= 11 is 0. The number of sulfonamides is 1. The van der Waals surface area contributed by atoms with Gasteiger partial charge in [0, 0.05) is 19.0 Å². The molecule has 5 rings (SSSR count). The van der Waals surface area contributed by atoms with Crippen LogP contribution >= 0.6 is 0 Å². The molecule has 46 heavy (non-hydrogen) atoms. The summed E-state index contributed by atoms with van der Waals surface area (Å²) in [7, 11) is -4.42. The predicted octanol–water partition coefficient (Wildman–Crippen LogP) is 6.25. The summed E-state index contributed by atoms with van der Waals surface area (Å²) in [5.41, 5.74) is 1.04. The smallest absolute Gasteiger partial charge is 0.264 e. The Morgan fingerprint density at radius 3 is 2.02 bits per heavy atom. The number of hydrogen-bond acceptors (Lipinski definition) is 4. The fourth-order valence-corrected chi connectivity index (χ4v) is 7.21. The number of benzene rings is 4. The maximum absolute atomic E-state index is 15.2. The van der Waals surface area contributed by atoms with E-state index < -0.39 is 40.2 Å². The van der Waals surface area contributed by atoms with Crippen LogP contribution in [0.25, 0.3) is 0 Å². The highest BCUT2D eigenvalue weighted by Gasteiger charge is 2.36. The molecule has 1 aliphatic rings. The molecule has 1 fully saturated rings. The van der Waals surface area contributed by atoms with Crippen molar-refractivity contribution in [3.05, 3.63) is 132 Å². The molecule has 7 nitrogen and oxygen atoms in total. The van der Waals surface area contributed by atoms with E-state index in [1.165, 1.54) is 59.5 Å². The first-order valence-electron chi connectivity index (χ1n) is 15.4. The monoisotopic (exact) mass is 645 g/mol. The Morgan fingerprint density at radius 1 is 0.761 bits per heavy atom. The van der Waals surface area contributed by atoms with E-state index in [1.807, 2.05) is 30.3 Å². The van der Waals surface area contributed by atoms with Crippen molar-refractivity contribution in [1.29, 1.82) is 0 Å². The number of carbonyl (C=O) groups is 2. The zero-order valence-electron chi connectivity index (χ0n) is 25.4. The third kappa shape index (κ3) is 8.17. The van der Waals surface area contributed by atoms with Crippen molar-refractivity contribution in [1.82, 2.24) is 10.2 Å². The van der Waals surface area contributed by atoms with Gasteiger partial charge in [-0.05, 0) is 60.4 Å². The van der Waals surface area contributed by atoms with Gasteiger partial charge in [0.1, 0.15) is 24.2 Å². The third-order valence-electron chi connectivity index (χ3n) is 8.22. The molecule has 1 aliphatic carbocycles. The molecule has 1 atom stereocenters. The molecule has 0 unspecified atom stereocenters. The Kier molecular flexibility index (Phi) is 10.8. The molecule has 0 radical (unpaired) electrons. The molecular formula is C36H37F2N3O4S. The van der Waals surface area contributed by atoms with E-state index in [1.54, 1.807) is 18.2 Å². The van der Waals surface area contributed by atoms with Gasteiger partial charge in [0.05, 0.1) is 10.6 Å². The van der Waals surface area contributed by atoms with Gasteiger partial charge in [0.2, 0.25) is 11.8 Å². The minimum Gasteiger partial charge on any atom is -0.352 e. The highest BCUT2D eigenvalue weighted by Crippen LogP contribution is 2.27. The SMILES string of the molecule is O=C(NC1CCCCC1)[C@@H](Cc1ccccc1)N(Cc1ccc(F)cc1)C(=O)CN(c1ccccc1F)S(=O)(=O)c1ccccc1. The Labute approximate surface area is 268 Å². The number of para-hydroxylation sites is 1. The van der Waals surface area contributed by atoms with Crippen molar-refractivity contribution < 1.29 is 26.8 Å². The van der Waals surface area contributed by atoms with Crippen molar-refractivity contribution >= 4 is 27.5 Å². The number of carbonyl (C=O) groups excluding carboxylic acids is 2. The van der Waals surface area contributed by atoms with E-state index in [0.29, 0.717) is 5.56 Å². The number of nitrogens with one attached hydrogen (secondary N) is 1. The summed E-state index contributed by atoms with van der Waals surface area (Å²) in [4.78, 5) is 29.7. The molecule has 0 aromatic heterocycles. The Balaban J connectivity index is 1.56. The first-order chi connectivity index (χ1) is 22.2. The molecule has 10 heteroatoms. The van der Waals surface area contributed by atoms with Gasteiger partial charge in [0.25, 0.3) is 10.0 Å². The van der Waals surface area contributed by atoms with Crippen LogP contribution < -0.4 is 9.62 Å². The van der Waals surface area contributed by atoms with E-state index in [4.69, 9.17) is 0 Å². The van der Waals surface area contributed by atoms with Gasteiger partial charge < -0.3 is 10.2 Å². The summed E-state index contributed by atoms with van der Waals surface area (Å²) in [6.07, 6.45) is 4.87. The van der Waals surface area contributed by atoms with E-state index in [0.717, 1.165) is 48.0 Å². The van der Waals surface area contributed by atoms with Crippen molar-refractivity contribution in [2.75, 3.05) is 10.8 Å². The number of halogens is 2. The van der Waals surface area contributed by atoms with Gasteiger partial charge in [-0.3, -0.25) is 13.9 Å². The quantitative estimate of drug-likeness (QED) is 0.197. The molecule has 240 valence electrons. The van der Waals surface area contributed by atoms with Crippen LogP contribution in [0.15, 0.2) is 114 Å². The normalized spacial score (nSPS) is 14.3. The van der Waals surface area contributed by atoms with E-state index in [-0.39, 0.29) is 35.5 Å². The number of anilines is 1. The van der Waals surface area contributed by atoms with Crippen LogP contribution in [0.3, 0.4) is 0 Å². The van der Waals surface area contributed by atoms with Gasteiger partial charge in [-0.15, -0.1) is 0 Å². The second kappa shape index (κ2) is 15.1. The number of nitrogens with zero attached hydrogens (tertiary/aromatic N) is 2. The predicted molar refractivity (Wildman–Crippen MR) is 173 cm³/mol. The van der Waals surface area contributed by atoms with Gasteiger partial charge >= 0.3 is 0 Å². The van der Waals surface area contributed by atoms with Gasteiger partial charge in [-0.25, -0.2) is 17.2 Å². The van der Waals surface area contributed by atoms with Crippen LogP contribution in [0.4, 0.5) is 14.5 Å². The molecule has 2 amide bonds. The van der Waals surface area contributed by atoms with Crippen LogP contribution in [0, 0.1) is 11.6 Å². The fourth-order valence-electron chi connectivity index (χ4n) is 5.77. The van der Waals surface area contributed by atoms with E-state index in [2.05, 4.69) is 5.32 Å². The molecule has 0 saturated heterocycles. The summed E-state index contributed by atoms with van der Waals surface area (Å²) in [6, 6.07) is 26.5. The number of hydrogen-bond donors (Lipinski definition) is 1. The first-order valence-corrected chi connectivity index (χ1v) is 16.9. The average Bonchev–Trinajstić information content (AvgIpc) is 3.07. The van der Waals surface area contributed by atoms with Crippen molar-refractivity contribution in [2.45, 2.75) is 62.0 Å². The van der Waals surface area contributed by atoms with Crippen LogP contribution in [0.2, 0.25) is 0 Å². The lowest BCUT2D eigenvalue weighted by molar-refractivity contribution is -0.140. The van der Waals surface area contributed by atoms with Crippen LogP contribution in [0.1, 0.15) is 43.2 Å². The van der Waals surface area contributed by atoms with Crippen LogP contribution in [-0.4, -0.2) is 43.8 Å². The Hall–Kier alpha value is -4.57. The summed E-state index contributed by atoms with van der Waals surface area (Å²) in [5.74, 6) is -2.37. The largest absolute Gasteiger partial charge is 0.352 e. The molecule has 1 saturated carbocycles. The van der Waals surface area contributed by atoms with Crippen molar-refractivity contribution in [2.24, 2.45) is 0 Å². The molecule has 0 bridgehead atoms. The zero-order chi connectivity index (χ0) is 32.5. The second-order valence-electron chi connectivity index (χ2n) is 11.5. The molecule has 0 spiro atoms.